The van der Waals surface area contributed by atoms with Crippen LogP contribution in [-0.2, 0) is 15.0 Å². The van der Waals surface area contributed by atoms with E-state index in [2.05, 4.69) is 5.32 Å². The summed E-state index contributed by atoms with van der Waals surface area (Å²) in [5.41, 5.74) is 0.0722. The van der Waals surface area contributed by atoms with Crippen molar-refractivity contribution >= 4 is 11.9 Å². The van der Waals surface area contributed by atoms with Crippen LogP contribution in [0.25, 0.3) is 0 Å². The number of carbonyl (C=O) groups excluding carboxylic acids is 1. The van der Waals surface area contributed by atoms with Crippen LogP contribution in [0.15, 0.2) is 24.3 Å². The van der Waals surface area contributed by atoms with Gasteiger partial charge in [-0.25, -0.2) is 9.18 Å². The number of halogens is 1. The molecule has 0 spiro atoms. The second-order valence-electron chi connectivity index (χ2n) is 4.86. The number of carbonyl (C=O) groups is 2. The van der Waals surface area contributed by atoms with Crippen molar-refractivity contribution in [3.8, 4) is 0 Å². The molecule has 102 valence electrons. The van der Waals surface area contributed by atoms with E-state index in [1.165, 1.54) is 12.1 Å². The molecule has 2 N–H and O–H groups in total. The zero-order valence-electron chi connectivity index (χ0n) is 10.6. The third kappa shape index (κ3) is 2.59. The average Bonchev–Trinajstić information content (AvgIpc) is 3.17. The maximum absolute atomic E-state index is 12.9. The van der Waals surface area contributed by atoms with E-state index in [1.807, 2.05) is 0 Å². The topological polar surface area (TPSA) is 66.4 Å². The summed E-state index contributed by atoms with van der Waals surface area (Å²) in [4.78, 5) is 23.1. The Balaban J connectivity index is 2.14. The second kappa shape index (κ2) is 4.99. The molecule has 1 aliphatic rings. The Morgan fingerprint density at radius 3 is 2.37 bits per heavy atom. The highest BCUT2D eigenvalue weighted by atomic mass is 19.1. The van der Waals surface area contributed by atoms with Gasteiger partial charge in [-0.3, -0.25) is 4.79 Å². The number of nitrogens with one attached hydrogen (secondary N) is 1. The molecule has 0 aromatic heterocycles. The molecule has 1 fully saturated rings. The first-order valence-electron chi connectivity index (χ1n) is 6.29. The lowest BCUT2D eigenvalue weighted by atomic mass is 9.94. The van der Waals surface area contributed by atoms with E-state index in [-0.39, 0.29) is 11.7 Å². The van der Waals surface area contributed by atoms with Crippen LogP contribution in [0.4, 0.5) is 4.39 Å². The summed E-state index contributed by atoms with van der Waals surface area (Å²) in [6.45, 7) is 1.70. The number of aliphatic carboxylic acids is 1. The highest BCUT2D eigenvalue weighted by molar-refractivity contribution is 5.93. The van der Waals surface area contributed by atoms with Gasteiger partial charge < -0.3 is 10.4 Å². The number of benzene rings is 1. The lowest BCUT2D eigenvalue weighted by molar-refractivity contribution is -0.142. The summed E-state index contributed by atoms with van der Waals surface area (Å²) in [5, 5.41) is 11.5. The highest BCUT2D eigenvalue weighted by Crippen LogP contribution is 2.48. The van der Waals surface area contributed by atoms with Crippen LogP contribution in [-0.4, -0.2) is 23.0 Å². The first-order valence-corrected chi connectivity index (χ1v) is 6.29. The normalized spacial score (nSPS) is 17.6. The summed E-state index contributed by atoms with van der Waals surface area (Å²) in [6, 6.07) is 4.94. The van der Waals surface area contributed by atoms with Crippen molar-refractivity contribution < 1.29 is 19.1 Å². The largest absolute Gasteiger partial charge is 0.480 e. The van der Waals surface area contributed by atoms with Gasteiger partial charge in [-0.15, -0.1) is 0 Å². The summed E-state index contributed by atoms with van der Waals surface area (Å²) in [5.74, 6) is -1.67. The van der Waals surface area contributed by atoms with Gasteiger partial charge >= 0.3 is 5.97 Å². The molecule has 1 aromatic carbocycles. The monoisotopic (exact) mass is 265 g/mol. The zero-order valence-corrected chi connectivity index (χ0v) is 10.6. The molecule has 0 heterocycles. The number of carboxylic acids is 1. The van der Waals surface area contributed by atoms with Crippen molar-refractivity contribution in [2.75, 3.05) is 0 Å². The van der Waals surface area contributed by atoms with Crippen molar-refractivity contribution in [2.24, 2.45) is 0 Å². The maximum atomic E-state index is 12.9. The highest BCUT2D eigenvalue weighted by Gasteiger charge is 2.51. The molecular formula is C14H16FNO3. The molecule has 1 aliphatic carbocycles. The van der Waals surface area contributed by atoms with E-state index >= 15 is 0 Å². The molecule has 1 atom stereocenters. The molecule has 0 saturated heterocycles. The summed E-state index contributed by atoms with van der Waals surface area (Å²) < 4.78 is 12.9. The van der Waals surface area contributed by atoms with Gasteiger partial charge in [0.15, 0.2) is 0 Å². The van der Waals surface area contributed by atoms with E-state index in [0.29, 0.717) is 19.3 Å². The fourth-order valence-electron chi connectivity index (χ4n) is 2.18. The Hall–Kier alpha value is -1.91. The van der Waals surface area contributed by atoms with Crippen LogP contribution in [0, 0.1) is 5.82 Å². The van der Waals surface area contributed by atoms with E-state index in [0.717, 1.165) is 5.56 Å². The van der Waals surface area contributed by atoms with Crippen LogP contribution in [0.3, 0.4) is 0 Å². The van der Waals surface area contributed by atoms with Crippen molar-refractivity contribution in [3.05, 3.63) is 35.6 Å². The molecule has 4 nitrogen and oxygen atoms in total. The smallest absolute Gasteiger partial charge is 0.326 e. The minimum absolute atomic E-state index is 0.284. The van der Waals surface area contributed by atoms with Crippen molar-refractivity contribution in [3.63, 3.8) is 0 Å². The zero-order chi connectivity index (χ0) is 14.0. The van der Waals surface area contributed by atoms with Gasteiger partial charge in [0.2, 0.25) is 5.91 Å². The Labute approximate surface area is 110 Å². The molecule has 0 unspecified atom stereocenters. The standard InChI is InChI=1S/C14H16FNO3/c1-2-11(12(17)18)16-13(19)14(7-8-14)9-3-5-10(15)6-4-9/h3-6,11H,2,7-8H2,1H3,(H,16,19)(H,17,18)/t11-/m1/s1. The molecule has 1 amide bonds. The maximum Gasteiger partial charge on any atom is 0.326 e. The van der Waals surface area contributed by atoms with Gasteiger partial charge in [0.25, 0.3) is 0 Å². The number of carboxylic acid groups (broad SMARTS) is 1. The molecular weight excluding hydrogens is 249 g/mol. The Bertz CT molecular complexity index is 494. The number of hydrogen-bond acceptors (Lipinski definition) is 2. The van der Waals surface area contributed by atoms with Gasteiger partial charge in [0, 0.05) is 0 Å². The quantitative estimate of drug-likeness (QED) is 0.853. The lowest BCUT2D eigenvalue weighted by Crippen LogP contribution is -2.45. The third-order valence-corrected chi connectivity index (χ3v) is 3.59. The average molecular weight is 265 g/mol. The van der Waals surface area contributed by atoms with Gasteiger partial charge in [-0.2, -0.15) is 0 Å². The minimum Gasteiger partial charge on any atom is -0.480 e. The van der Waals surface area contributed by atoms with Gasteiger partial charge in [0.05, 0.1) is 5.41 Å². The molecule has 2 rings (SSSR count). The van der Waals surface area contributed by atoms with E-state index in [9.17, 15) is 14.0 Å². The third-order valence-electron chi connectivity index (χ3n) is 3.59. The van der Waals surface area contributed by atoms with Crippen LogP contribution in [0.5, 0.6) is 0 Å². The Morgan fingerprint density at radius 1 is 1.37 bits per heavy atom. The first kappa shape index (κ1) is 13.5. The van der Waals surface area contributed by atoms with Gasteiger partial charge in [-0.1, -0.05) is 19.1 Å². The molecule has 1 saturated carbocycles. The molecule has 19 heavy (non-hydrogen) atoms. The predicted octanol–water partition coefficient (Wildman–Crippen LogP) is 1.84. The lowest BCUT2D eigenvalue weighted by Gasteiger charge is -2.19. The van der Waals surface area contributed by atoms with E-state index < -0.39 is 17.4 Å². The van der Waals surface area contributed by atoms with E-state index in [1.54, 1.807) is 19.1 Å². The molecule has 0 bridgehead atoms. The minimum atomic E-state index is -1.04. The molecule has 1 aromatic rings. The first-order chi connectivity index (χ1) is 8.99. The molecule has 5 heteroatoms. The summed E-state index contributed by atoms with van der Waals surface area (Å²) >= 11 is 0. The fraction of sp³-hybridized carbons (Fsp3) is 0.429. The Morgan fingerprint density at radius 2 is 1.95 bits per heavy atom. The Kier molecular flexibility index (Phi) is 3.55. The van der Waals surface area contributed by atoms with Crippen molar-refractivity contribution in [2.45, 2.75) is 37.6 Å². The number of hydrogen-bond donors (Lipinski definition) is 2. The summed E-state index contributed by atoms with van der Waals surface area (Å²) in [7, 11) is 0. The van der Waals surface area contributed by atoms with Crippen LogP contribution < -0.4 is 5.32 Å². The molecule has 0 radical (unpaired) electrons. The number of rotatable bonds is 5. The van der Waals surface area contributed by atoms with Gasteiger partial charge in [0.1, 0.15) is 11.9 Å². The van der Waals surface area contributed by atoms with Crippen LogP contribution >= 0.6 is 0 Å². The van der Waals surface area contributed by atoms with E-state index in [4.69, 9.17) is 5.11 Å². The molecule has 0 aliphatic heterocycles. The predicted molar refractivity (Wildman–Crippen MR) is 67.2 cm³/mol. The number of amides is 1. The van der Waals surface area contributed by atoms with Crippen molar-refractivity contribution in [1.82, 2.24) is 5.32 Å². The van der Waals surface area contributed by atoms with Crippen LogP contribution in [0.1, 0.15) is 31.7 Å². The van der Waals surface area contributed by atoms with Crippen LogP contribution in [0.2, 0.25) is 0 Å². The fourth-order valence-corrected chi connectivity index (χ4v) is 2.18. The summed E-state index contributed by atoms with van der Waals surface area (Å²) in [6.07, 6.45) is 1.67. The van der Waals surface area contributed by atoms with Gasteiger partial charge in [-0.05, 0) is 37.0 Å². The van der Waals surface area contributed by atoms with Crippen molar-refractivity contribution in [1.29, 1.82) is 0 Å². The SMILES string of the molecule is CC[C@@H](NC(=O)C1(c2ccc(F)cc2)CC1)C(=O)O. The second-order valence-corrected chi connectivity index (χ2v) is 4.86.